The second-order valence-corrected chi connectivity index (χ2v) is 6.86. The Morgan fingerprint density at radius 1 is 1.28 bits per heavy atom. The molecule has 134 valence electrons. The number of carbonyl (C=O) groups excluding carboxylic acids is 1. The van der Waals surface area contributed by atoms with Crippen LogP contribution in [0.3, 0.4) is 0 Å². The highest BCUT2D eigenvalue weighted by molar-refractivity contribution is 5.94. The number of benzene rings is 1. The smallest absolute Gasteiger partial charge is 0.255 e. The predicted octanol–water partition coefficient (Wildman–Crippen LogP) is 5.13. The van der Waals surface area contributed by atoms with Crippen molar-refractivity contribution < 1.29 is 4.79 Å². The predicted molar refractivity (Wildman–Crippen MR) is 105 cm³/mol. The highest BCUT2D eigenvalue weighted by atomic mass is 16.2. The summed E-state index contributed by atoms with van der Waals surface area (Å²) in [7, 11) is 1.84. The molecule has 0 aliphatic carbocycles. The number of hydrogen-bond donors (Lipinski definition) is 1. The third kappa shape index (κ3) is 4.81. The van der Waals surface area contributed by atoms with Crippen LogP contribution < -0.4 is 5.32 Å². The first kappa shape index (κ1) is 19.0. The van der Waals surface area contributed by atoms with Crippen LogP contribution in [0.25, 0.3) is 0 Å². The van der Waals surface area contributed by atoms with Gasteiger partial charge in [0, 0.05) is 25.5 Å². The van der Waals surface area contributed by atoms with E-state index in [1.54, 1.807) is 17.3 Å². The summed E-state index contributed by atoms with van der Waals surface area (Å²) in [5, 5.41) is 3.47. The molecule has 0 bridgehead atoms. The molecule has 0 radical (unpaired) electrons. The van der Waals surface area contributed by atoms with Gasteiger partial charge in [-0.15, -0.1) is 0 Å². The van der Waals surface area contributed by atoms with Crippen molar-refractivity contribution in [1.29, 1.82) is 0 Å². The zero-order valence-electron chi connectivity index (χ0n) is 16.0. The fraction of sp³-hybridized carbons (Fsp3) is 0.429. The molecule has 2 rings (SSSR count). The Morgan fingerprint density at radius 2 is 2.04 bits per heavy atom. The Morgan fingerprint density at radius 3 is 2.72 bits per heavy atom. The molecule has 0 spiro atoms. The number of amides is 1. The number of unbranched alkanes of at least 4 members (excludes halogenated alkanes) is 1. The molecule has 25 heavy (non-hydrogen) atoms. The number of aryl methyl sites for hydroxylation is 1. The minimum Gasteiger partial charge on any atom is -0.354 e. The average molecular weight is 339 g/mol. The van der Waals surface area contributed by atoms with E-state index in [1.807, 2.05) is 13.1 Å². The Balaban J connectivity index is 2.24. The number of anilines is 2. The summed E-state index contributed by atoms with van der Waals surface area (Å²) in [4.78, 5) is 18.6. The number of carbonyl (C=O) groups is 1. The lowest BCUT2D eigenvalue weighted by atomic mass is 9.98. The normalized spacial score (nSPS) is 10.8. The summed E-state index contributed by atoms with van der Waals surface area (Å²) in [5.41, 5.74) is 5.00. The van der Waals surface area contributed by atoms with E-state index in [2.05, 4.69) is 56.2 Å². The Kier molecular flexibility index (Phi) is 6.57. The highest BCUT2D eigenvalue weighted by Crippen LogP contribution is 2.30. The van der Waals surface area contributed by atoms with Gasteiger partial charge in [0.1, 0.15) is 0 Å². The van der Waals surface area contributed by atoms with Crippen LogP contribution in [-0.2, 0) is 0 Å². The van der Waals surface area contributed by atoms with Gasteiger partial charge in [0.15, 0.2) is 0 Å². The molecule has 1 aromatic heterocycles. The Bertz CT molecular complexity index is 725. The molecule has 0 aliphatic rings. The van der Waals surface area contributed by atoms with Gasteiger partial charge in [0.05, 0.1) is 17.4 Å². The third-order valence-corrected chi connectivity index (χ3v) is 4.38. The molecule has 0 fully saturated rings. The minimum absolute atomic E-state index is 0.0125. The van der Waals surface area contributed by atoms with Crippen molar-refractivity contribution in [3.63, 3.8) is 0 Å². The van der Waals surface area contributed by atoms with Gasteiger partial charge in [-0.2, -0.15) is 0 Å². The van der Waals surface area contributed by atoms with Gasteiger partial charge in [-0.05, 0) is 36.5 Å². The molecule has 0 unspecified atom stereocenters. The van der Waals surface area contributed by atoms with Crippen LogP contribution in [-0.4, -0.2) is 29.4 Å². The number of nitrogens with zero attached hydrogens (tertiary/aromatic N) is 2. The number of aromatic nitrogens is 1. The van der Waals surface area contributed by atoms with Crippen LogP contribution in [0.15, 0.2) is 36.7 Å². The molecule has 0 aliphatic heterocycles. The van der Waals surface area contributed by atoms with Crippen LogP contribution in [0.5, 0.6) is 0 Å². The lowest BCUT2D eigenvalue weighted by Gasteiger charge is -2.19. The van der Waals surface area contributed by atoms with Crippen LogP contribution in [0.4, 0.5) is 11.4 Å². The fourth-order valence-electron chi connectivity index (χ4n) is 2.83. The average Bonchev–Trinajstić information content (AvgIpc) is 2.60. The molecule has 4 heteroatoms. The molecule has 4 nitrogen and oxygen atoms in total. The first-order chi connectivity index (χ1) is 11.9. The first-order valence-corrected chi connectivity index (χ1v) is 9.01. The zero-order valence-corrected chi connectivity index (χ0v) is 16.0. The topological polar surface area (TPSA) is 45.2 Å². The minimum atomic E-state index is 0.0125. The van der Waals surface area contributed by atoms with Crippen LogP contribution in [0.1, 0.15) is 61.0 Å². The molecule has 2 aromatic rings. The van der Waals surface area contributed by atoms with Gasteiger partial charge in [0.2, 0.25) is 0 Å². The van der Waals surface area contributed by atoms with Gasteiger partial charge < -0.3 is 10.2 Å². The molecule has 1 heterocycles. The summed E-state index contributed by atoms with van der Waals surface area (Å²) in [6, 6.07) is 8.20. The first-order valence-electron chi connectivity index (χ1n) is 9.01. The molecule has 1 aromatic carbocycles. The van der Waals surface area contributed by atoms with Gasteiger partial charge in [-0.25, -0.2) is 0 Å². The number of hydrogen-bond acceptors (Lipinski definition) is 3. The number of rotatable bonds is 7. The van der Waals surface area contributed by atoms with E-state index >= 15 is 0 Å². The maximum Gasteiger partial charge on any atom is 0.255 e. The van der Waals surface area contributed by atoms with Gasteiger partial charge >= 0.3 is 0 Å². The molecular formula is C21H29N3O. The maximum absolute atomic E-state index is 12.6. The van der Waals surface area contributed by atoms with Crippen molar-refractivity contribution in [3.8, 4) is 0 Å². The molecule has 0 atom stereocenters. The van der Waals surface area contributed by atoms with Crippen LogP contribution in [0.2, 0.25) is 0 Å². The summed E-state index contributed by atoms with van der Waals surface area (Å²) >= 11 is 0. The van der Waals surface area contributed by atoms with E-state index in [0.717, 1.165) is 30.8 Å². The number of para-hydroxylation sites is 1. The van der Waals surface area contributed by atoms with Crippen molar-refractivity contribution >= 4 is 17.3 Å². The Labute approximate surface area is 151 Å². The maximum atomic E-state index is 12.6. The van der Waals surface area contributed by atoms with E-state index in [0.29, 0.717) is 11.5 Å². The largest absolute Gasteiger partial charge is 0.354 e. The quantitative estimate of drug-likeness (QED) is 0.760. The van der Waals surface area contributed by atoms with Crippen molar-refractivity contribution in [2.45, 2.75) is 46.5 Å². The van der Waals surface area contributed by atoms with E-state index in [4.69, 9.17) is 0 Å². The lowest BCUT2D eigenvalue weighted by Crippen LogP contribution is -2.27. The van der Waals surface area contributed by atoms with Crippen molar-refractivity contribution in [3.05, 3.63) is 53.3 Å². The summed E-state index contributed by atoms with van der Waals surface area (Å²) in [6.45, 7) is 9.35. The van der Waals surface area contributed by atoms with Crippen molar-refractivity contribution in [2.24, 2.45) is 0 Å². The molecule has 1 N–H and O–H groups in total. The third-order valence-electron chi connectivity index (χ3n) is 4.38. The van der Waals surface area contributed by atoms with E-state index in [-0.39, 0.29) is 5.91 Å². The van der Waals surface area contributed by atoms with Crippen molar-refractivity contribution in [1.82, 2.24) is 9.88 Å². The SMILES string of the molecule is CCCCN(C)C(=O)c1cncc(Nc2c(C)cccc2C(C)C)c1. The summed E-state index contributed by atoms with van der Waals surface area (Å²) < 4.78 is 0. The molecule has 0 saturated heterocycles. The number of nitrogens with one attached hydrogen (secondary N) is 1. The fourth-order valence-corrected chi connectivity index (χ4v) is 2.83. The van der Waals surface area contributed by atoms with E-state index in [9.17, 15) is 4.79 Å². The number of pyridine rings is 1. The molecule has 1 amide bonds. The lowest BCUT2D eigenvalue weighted by molar-refractivity contribution is 0.0793. The molecular weight excluding hydrogens is 310 g/mol. The highest BCUT2D eigenvalue weighted by Gasteiger charge is 2.14. The van der Waals surface area contributed by atoms with E-state index < -0.39 is 0 Å². The van der Waals surface area contributed by atoms with Gasteiger partial charge in [0.25, 0.3) is 5.91 Å². The molecule has 0 saturated carbocycles. The summed E-state index contributed by atoms with van der Waals surface area (Å²) in [5.74, 6) is 0.429. The van der Waals surface area contributed by atoms with Crippen molar-refractivity contribution in [2.75, 3.05) is 18.9 Å². The van der Waals surface area contributed by atoms with E-state index in [1.165, 1.54) is 11.1 Å². The van der Waals surface area contributed by atoms with Crippen LogP contribution in [0, 0.1) is 6.92 Å². The monoisotopic (exact) mass is 339 g/mol. The Hall–Kier alpha value is -2.36. The standard InChI is InChI=1S/C21H29N3O/c1-6-7-11-24(5)21(25)17-12-18(14-22-13-17)23-20-16(4)9-8-10-19(20)15(2)3/h8-10,12-15,23H,6-7,11H2,1-5H3. The second-order valence-electron chi connectivity index (χ2n) is 6.86. The van der Waals surface area contributed by atoms with Crippen LogP contribution >= 0.6 is 0 Å². The van der Waals surface area contributed by atoms with Gasteiger partial charge in [-0.1, -0.05) is 45.4 Å². The van der Waals surface area contributed by atoms with Gasteiger partial charge in [-0.3, -0.25) is 9.78 Å². The second kappa shape index (κ2) is 8.65. The summed E-state index contributed by atoms with van der Waals surface area (Å²) in [6.07, 6.45) is 5.48. The zero-order chi connectivity index (χ0) is 18.4.